The molecule has 6 nitrogen and oxygen atoms in total. The number of halogens is 3. The molecule has 0 aliphatic carbocycles. The first-order chi connectivity index (χ1) is 12.9. The molecule has 1 fully saturated rings. The van der Waals surface area contributed by atoms with Crippen molar-refractivity contribution in [1.82, 2.24) is 20.2 Å². The van der Waals surface area contributed by atoms with Crippen molar-refractivity contribution in [1.29, 1.82) is 0 Å². The fraction of sp³-hybridized carbons (Fsp3) is 0.389. The molecule has 0 atom stereocenters. The molecule has 144 valence electrons. The van der Waals surface area contributed by atoms with Crippen molar-refractivity contribution in [3.63, 3.8) is 0 Å². The molecule has 2 N–H and O–H groups in total. The lowest BCUT2D eigenvalue weighted by atomic mass is 10.1. The normalized spacial score (nSPS) is 14.9. The van der Waals surface area contributed by atoms with Gasteiger partial charge in [-0.15, -0.1) is 0 Å². The summed E-state index contributed by atoms with van der Waals surface area (Å²) in [7, 11) is 0. The first-order valence-corrected chi connectivity index (χ1v) is 8.65. The number of hydrogen-bond acceptors (Lipinski definition) is 5. The van der Waals surface area contributed by atoms with Crippen molar-refractivity contribution in [2.45, 2.75) is 12.6 Å². The van der Waals surface area contributed by atoms with Crippen molar-refractivity contribution in [3.05, 3.63) is 53.3 Å². The third kappa shape index (κ3) is 5.16. The van der Waals surface area contributed by atoms with E-state index >= 15 is 0 Å². The van der Waals surface area contributed by atoms with Gasteiger partial charge < -0.3 is 15.5 Å². The molecule has 1 aromatic carbocycles. The maximum Gasteiger partial charge on any atom is 0.416 e. The monoisotopic (exact) mass is 379 g/mol. The van der Waals surface area contributed by atoms with Gasteiger partial charge >= 0.3 is 6.18 Å². The Morgan fingerprint density at radius 2 is 1.89 bits per heavy atom. The second-order valence-electron chi connectivity index (χ2n) is 6.21. The number of piperazine rings is 1. The van der Waals surface area contributed by atoms with Gasteiger partial charge in [0.1, 0.15) is 0 Å². The highest BCUT2D eigenvalue weighted by Gasteiger charge is 2.30. The van der Waals surface area contributed by atoms with E-state index < -0.39 is 11.7 Å². The average Bonchev–Trinajstić information content (AvgIpc) is 2.68. The van der Waals surface area contributed by atoms with E-state index in [1.165, 1.54) is 18.5 Å². The number of carbonyl (C=O) groups is 1. The van der Waals surface area contributed by atoms with Crippen LogP contribution in [0.2, 0.25) is 0 Å². The zero-order valence-corrected chi connectivity index (χ0v) is 14.6. The molecule has 2 heterocycles. The van der Waals surface area contributed by atoms with E-state index in [1.54, 1.807) is 11.0 Å². The molecule has 0 unspecified atom stereocenters. The van der Waals surface area contributed by atoms with E-state index in [-0.39, 0.29) is 5.91 Å². The molecule has 1 aliphatic rings. The van der Waals surface area contributed by atoms with Crippen LogP contribution in [-0.2, 0) is 12.6 Å². The zero-order valence-electron chi connectivity index (χ0n) is 14.6. The molecule has 1 amide bonds. The average molecular weight is 379 g/mol. The van der Waals surface area contributed by atoms with Gasteiger partial charge in [-0.05, 0) is 18.1 Å². The van der Waals surface area contributed by atoms with E-state index in [0.29, 0.717) is 43.1 Å². The van der Waals surface area contributed by atoms with Crippen molar-refractivity contribution in [2.75, 3.05) is 38.0 Å². The third-order valence-electron chi connectivity index (χ3n) is 4.25. The number of nitrogens with zero attached hydrogens (tertiary/aromatic N) is 3. The Morgan fingerprint density at radius 3 is 2.56 bits per heavy atom. The van der Waals surface area contributed by atoms with Crippen molar-refractivity contribution >= 4 is 11.9 Å². The van der Waals surface area contributed by atoms with Crippen LogP contribution in [0, 0.1) is 0 Å². The minimum atomic E-state index is -4.35. The predicted molar refractivity (Wildman–Crippen MR) is 94.4 cm³/mol. The summed E-state index contributed by atoms with van der Waals surface area (Å²) in [6, 6.07) is 5.23. The van der Waals surface area contributed by atoms with Gasteiger partial charge in [0.15, 0.2) is 0 Å². The molecule has 1 aromatic heterocycles. The molecule has 27 heavy (non-hydrogen) atoms. The number of hydrogen-bond donors (Lipinski definition) is 2. The summed E-state index contributed by atoms with van der Waals surface area (Å²) < 4.78 is 38.2. The van der Waals surface area contributed by atoms with Gasteiger partial charge in [-0.2, -0.15) is 13.2 Å². The summed E-state index contributed by atoms with van der Waals surface area (Å²) in [6.45, 7) is 3.21. The number of benzene rings is 1. The first kappa shape index (κ1) is 19.1. The van der Waals surface area contributed by atoms with Gasteiger partial charge in [0.25, 0.3) is 5.91 Å². The summed E-state index contributed by atoms with van der Waals surface area (Å²) in [5.74, 6) is 0.228. The second kappa shape index (κ2) is 8.34. The zero-order chi connectivity index (χ0) is 19.3. The lowest BCUT2D eigenvalue weighted by Gasteiger charge is -2.27. The van der Waals surface area contributed by atoms with Crippen LogP contribution >= 0.6 is 0 Å². The molecule has 0 spiro atoms. The topological polar surface area (TPSA) is 70.2 Å². The minimum Gasteiger partial charge on any atom is -0.354 e. The predicted octanol–water partition coefficient (Wildman–Crippen LogP) is 2.20. The van der Waals surface area contributed by atoms with Crippen molar-refractivity contribution in [3.8, 4) is 0 Å². The lowest BCUT2D eigenvalue weighted by molar-refractivity contribution is -0.137. The van der Waals surface area contributed by atoms with E-state index in [9.17, 15) is 18.0 Å². The summed E-state index contributed by atoms with van der Waals surface area (Å²) in [4.78, 5) is 22.3. The van der Waals surface area contributed by atoms with Gasteiger partial charge in [0, 0.05) is 45.1 Å². The Hall–Kier alpha value is -2.68. The number of alkyl halides is 3. The number of carbonyl (C=O) groups excluding carboxylic acids is 1. The van der Waals surface area contributed by atoms with Crippen LogP contribution in [0.25, 0.3) is 0 Å². The Morgan fingerprint density at radius 1 is 1.19 bits per heavy atom. The SMILES string of the molecule is O=C(c1cnc(NCCc2cccc(C(F)(F)F)c2)nc1)N1CCNCC1. The van der Waals surface area contributed by atoms with Crippen molar-refractivity contribution in [2.24, 2.45) is 0 Å². The summed E-state index contributed by atoms with van der Waals surface area (Å²) in [6.07, 6.45) is -1.03. The lowest BCUT2D eigenvalue weighted by Crippen LogP contribution is -2.46. The van der Waals surface area contributed by atoms with Gasteiger partial charge in [-0.3, -0.25) is 4.79 Å². The minimum absolute atomic E-state index is 0.105. The molecule has 0 saturated carbocycles. The van der Waals surface area contributed by atoms with Crippen LogP contribution in [0.3, 0.4) is 0 Å². The number of amides is 1. The van der Waals surface area contributed by atoms with Crippen LogP contribution in [0.5, 0.6) is 0 Å². The quantitative estimate of drug-likeness (QED) is 0.834. The molecule has 3 rings (SSSR count). The fourth-order valence-electron chi connectivity index (χ4n) is 2.80. The standard InChI is InChI=1S/C18H20F3N5O/c19-18(20,21)15-3-1-2-13(10-15)4-5-23-17-24-11-14(12-25-17)16(27)26-8-6-22-7-9-26/h1-3,10-12,22H,4-9H2,(H,23,24,25). The fourth-order valence-corrected chi connectivity index (χ4v) is 2.80. The largest absolute Gasteiger partial charge is 0.416 e. The molecular formula is C18H20F3N5O. The summed E-state index contributed by atoms with van der Waals surface area (Å²) in [5.41, 5.74) is 0.329. The Balaban J connectivity index is 1.52. The van der Waals surface area contributed by atoms with Crippen LogP contribution in [-0.4, -0.2) is 53.5 Å². The van der Waals surface area contributed by atoms with Gasteiger partial charge in [0.2, 0.25) is 5.95 Å². The molecule has 1 saturated heterocycles. The van der Waals surface area contributed by atoms with Gasteiger partial charge in [-0.1, -0.05) is 18.2 Å². The van der Waals surface area contributed by atoms with Crippen LogP contribution in [0.1, 0.15) is 21.5 Å². The van der Waals surface area contributed by atoms with Crippen molar-refractivity contribution < 1.29 is 18.0 Å². The summed E-state index contributed by atoms with van der Waals surface area (Å²) >= 11 is 0. The molecule has 2 aromatic rings. The van der Waals surface area contributed by atoms with Gasteiger partial charge in [0.05, 0.1) is 11.1 Å². The number of nitrogens with one attached hydrogen (secondary N) is 2. The maximum absolute atomic E-state index is 12.7. The Labute approximate surface area is 154 Å². The van der Waals surface area contributed by atoms with E-state index in [0.717, 1.165) is 25.2 Å². The second-order valence-corrected chi connectivity index (χ2v) is 6.21. The molecule has 0 radical (unpaired) electrons. The molecular weight excluding hydrogens is 359 g/mol. The maximum atomic E-state index is 12.7. The van der Waals surface area contributed by atoms with E-state index in [2.05, 4.69) is 20.6 Å². The highest BCUT2D eigenvalue weighted by molar-refractivity contribution is 5.93. The van der Waals surface area contributed by atoms with E-state index in [4.69, 9.17) is 0 Å². The Kier molecular flexibility index (Phi) is 5.90. The van der Waals surface area contributed by atoms with Gasteiger partial charge in [-0.25, -0.2) is 9.97 Å². The van der Waals surface area contributed by atoms with Crippen LogP contribution < -0.4 is 10.6 Å². The summed E-state index contributed by atoms with van der Waals surface area (Å²) in [5, 5.41) is 6.14. The third-order valence-corrected chi connectivity index (χ3v) is 4.25. The molecule has 1 aliphatic heterocycles. The number of rotatable bonds is 5. The van der Waals surface area contributed by atoms with E-state index in [1.807, 2.05) is 0 Å². The number of aromatic nitrogens is 2. The van der Waals surface area contributed by atoms with Crippen LogP contribution in [0.4, 0.5) is 19.1 Å². The highest BCUT2D eigenvalue weighted by atomic mass is 19.4. The first-order valence-electron chi connectivity index (χ1n) is 8.65. The number of anilines is 1. The Bertz CT molecular complexity index is 773. The molecule has 9 heteroatoms. The van der Waals surface area contributed by atoms with Crippen LogP contribution in [0.15, 0.2) is 36.7 Å². The highest BCUT2D eigenvalue weighted by Crippen LogP contribution is 2.29. The molecule has 0 bridgehead atoms. The smallest absolute Gasteiger partial charge is 0.354 e.